The maximum absolute atomic E-state index is 13.5. The second-order valence-corrected chi connectivity index (χ2v) is 7.22. The van der Waals surface area contributed by atoms with Crippen molar-refractivity contribution in [3.63, 3.8) is 0 Å². The average Bonchev–Trinajstić information content (AvgIpc) is 3.33. The Labute approximate surface area is 175 Å². The Morgan fingerprint density at radius 3 is 2.45 bits per heavy atom. The Balaban J connectivity index is 1.95. The summed E-state index contributed by atoms with van der Waals surface area (Å²) in [5, 5.41) is 0. The maximum Gasteiger partial charge on any atom is 0.332 e. The van der Waals surface area contributed by atoms with Gasteiger partial charge < -0.3 is 4.74 Å². The van der Waals surface area contributed by atoms with Gasteiger partial charge in [-0.1, -0.05) is 6.07 Å². The van der Waals surface area contributed by atoms with Crippen molar-refractivity contribution in [2.24, 2.45) is 14.1 Å². The van der Waals surface area contributed by atoms with Crippen molar-refractivity contribution in [3.05, 3.63) is 81.4 Å². The van der Waals surface area contributed by atoms with E-state index in [2.05, 4.69) is 4.98 Å². The van der Waals surface area contributed by atoms with E-state index in [1.165, 1.54) is 23.7 Å². The second-order valence-electron chi connectivity index (χ2n) is 7.22. The molecule has 5 aromatic rings. The third-order valence-electron chi connectivity index (χ3n) is 5.42. The number of fused-ring (bicyclic) bond motifs is 3. The summed E-state index contributed by atoms with van der Waals surface area (Å²) < 4.78 is 24.8. The largest absolute Gasteiger partial charge is 0.497 e. The van der Waals surface area contributed by atoms with Gasteiger partial charge >= 0.3 is 5.69 Å². The number of imidazole rings is 2. The third-order valence-corrected chi connectivity index (χ3v) is 5.42. The van der Waals surface area contributed by atoms with Gasteiger partial charge in [0, 0.05) is 31.9 Å². The monoisotopic (exact) mass is 419 g/mol. The summed E-state index contributed by atoms with van der Waals surface area (Å²) >= 11 is 0. The molecular weight excluding hydrogens is 401 g/mol. The Bertz CT molecular complexity index is 1590. The zero-order chi connectivity index (χ0) is 21.9. The van der Waals surface area contributed by atoms with E-state index in [0.29, 0.717) is 17.2 Å². The Morgan fingerprint density at radius 2 is 1.74 bits per heavy atom. The van der Waals surface area contributed by atoms with Crippen molar-refractivity contribution >= 4 is 16.9 Å². The molecule has 0 spiro atoms. The first kappa shape index (κ1) is 18.9. The fourth-order valence-corrected chi connectivity index (χ4v) is 3.80. The standard InChI is InChI=1S/C22H18FN5O3/c1-25-19-18(20(29)26(2)22(25)30)27-12-17(13-7-9-14(23)10-8-13)28(21(27)24-19)15-5-4-6-16(11-15)31-3/h4-12H,1-3H3. The van der Waals surface area contributed by atoms with Crippen molar-refractivity contribution in [3.8, 4) is 22.7 Å². The minimum Gasteiger partial charge on any atom is -0.497 e. The third kappa shape index (κ3) is 2.70. The lowest BCUT2D eigenvalue weighted by atomic mass is 10.1. The van der Waals surface area contributed by atoms with Crippen molar-refractivity contribution < 1.29 is 9.13 Å². The fourth-order valence-electron chi connectivity index (χ4n) is 3.80. The van der Waals surface area contributed by atoms with Gasteiger partial charge in [0.2, 0.25) is 5.78 Å². The zero-order valence-corrected chi connectivity index (χ0v) is 17.0. The van der Waals surface area contributed by atoms with Crippen LogP contribution in [0.3, 0.4) is 0 Å². The predicted molar refractivity (Wildman–Crippen MR) is 114 cm³/mol. The van der Waals surface area contributed by atoms with Gasteiger partial charge in [0.1, 0.15) is 11.6 Å². The highest BCUT2D eigenvalue weighted by atomic mass is 19.1. The number of aromatic nitrogens is 5. The summed E-state index contributed by atoms with van der Waals surface area (Å²) in [6.07, 6.45) is 1.77. The molecule has 0 radical (unpaired) electrons. The molecule has 0 N–H and O–H groups in total. The molecular formula is C22H18FN5O3. The van der Waals surface area contributed by atoms with Gasteiger partial charge in [-0.25, -0.2) is 9.18 Å². The summed E-state index contributed by atoms with van der Waals surface area (Å²) in [7, 11) is 4.59. The first-order valence-corrected chi connectivity index (χ1v) is 9.50. The molecule has 156 valence electrons. The van der Waals surface area contributed by atoms with Gasteiger partial charge in [-0.2, -0.15) is 4.98 Å². The van der Waals surface area contributed by atoms with Crippen molar-refractivity contribution in [2.45, 2.75) is 0 Å². The summed E-state index contributed by atoms with van der Waals surface area (Å²) in [6.45, 7) is 0. The van der Waals surface area contributed by atoms with E-state index >= 15 is 0 Å². The number of benzene rings is 2. The lowest BCUT2D eigenvalue weighted by Gasteiger charge is -2.10. The molecule has 0 aliphatic heterocycles. The van der Waals surface area contributed by atoms with Crippen LogP contribution in [0.25, 0.3) is 33.9 Å². The quantitative estimate of drug-likeness (QED) is 0.450. The highest BCUT2D eigenvalue weighted by molar-refractivity contribution is 5.79. The molecule has 31 heavy (non-hydrogen) atoms. The average molecular weight is 419 g/mol. The molecule has 0 saturated heterocycles. The van der Waals surface area contributed by atoms with Gasteiger partial charge in [0.05, 0.1) is 18.5 Å². The molecule has 0 bridgehead atoms. The topological polar surface area (TPSA) is 75.5 Å². The molecule has 0 amide bonds. The maximum atomic E-state index is 13.5. The number of hydrogen-bond donors (Lipinski definition) is 0. The normalized spacial score (nSPS) is 11.5. The van der Waals surface area contributed by atoms with Crippen LogP contribution in [0.1, 0.15) is 0 Å². The zero-order valence-electron chi connectivity index (χ0n) is 17.0. The molecule has 9 heteroatoms. The van der Waals surface area contributed by atoms with Crippen LogP contribution in [-0.4, -0.2) is 30.2 Å². The predicted octanol–water partition coefficient (Wildman–Crippen LogP) is 2.49. The molecule has 0 aliphatic carbocycles. The Hall–Kier alpha value is -4.14. The van der Waals surface area contributed by atoms with E-state index in [-0.39, 0.29) is 17.0 Å². The first-order chi connectivity index (χ1) is 14.9. The van der Waals surface area contributed by atoms with E-state index in [0.717, 1.165) is 15.8 Å². The second kappa shape index (κ2) is 6.69. The summed E-state index contributed by atoms with van der Waals surface area (Å²) in [6, 6.07) is 13.5. The van der Waals surface area contributed by atoms with Crippen LogP contribution in [0.15, 0.2) is 64.3 Å². The first-order valence-electron chi connectivity index (χ1n) is 9.50. The summed E-state index contributed by atoms with van der Waals surface area (Å²) in [5.74, 6) is 0.747. The number of nitrogens with zero attached hydrogens (tertiary/aromatic N) is 5. The van der Waals surface area contributed by atoms with Crippen LogP contribution in [0.5, 0.6) is 5.75 Å². The van der Waals surface area contributed by atoms with Crippen molar-refractivity contribution in [1.82, 2.24) is 23.1 Å². The van der Waals surface area contributed by atoms with Crippen molar-refractivity contribution in [2.75, 3.05) is 7.11 Å². The van der Waals surface area contributed by atoms with Crippen LogP contribution in [0, 0.1) is 5.82 Å². The molecule has 0 atom stereocenters. The Morgan fingerprint density at radius 1 is 1.00 bits per heavy atom. The molecule has 3 heterocycles. The molecule has 8 nitrogen and oxygen atoms in total. The summed E-state index contributed by atoms with van der Waals surface area (Å²) in [5.41, 5.74) is 1.85. The van der Waals surface area contributed by atoms with Gasteiger partial charge in [-0.15, -0.1) is 0 Å². The van der Waals surface area contributed by atoms with Crippen LogP contribution >= 0.6 is 0 Å². The number of hydrogen-bond acceptors (Lipinski definition) is 4. The Kier molecular flexibility index (Phi) is 4.07. The minimum absolute atomic E-state index is 0.282. The van der Waals surface area contributed by atoms with E-state index in [9.17, 15) is 14.0 Å². The van der Waals surface area contributed by atoms with Gasteiger partial charge in [-0.05, 0) is 36.4 Å². The van der Waals surface area contributed by atoms with Crippen LogP contribution in [0.4, 0.5) is 4.39 Å². The molecule has 0 aliphatic rings. The van der Waals surface area contributed by atoms with Gasteiger partial charge in [-0.3, -0.25) is 22.9 Å². The van der Waals surface area contributed by atoms with E-state index in [1.807, 2.05) is 28.8 Å². The lowest BCUT2D eigenvalue weighted by molar-refractivity contribution is 0.414. The van der Waals surface area contributed by atoms with Crippen molar-refractivity contribution in [1.29, 1.82) is 0 Å². The molecule has 3 aromatic heterocycles. The molecule has 2 aromatic carbocycles. The summed E-state index contributed by atoms with van der Waals surface area (Å²) in [4.78, 5) is 29.9. The van der Waals surface area contributed by atoms with Crippen LogP contribution in [-0.2, 0) is 14.1 Å². The molecule has 0 fully saturated rings. The highest BCUT2D eigenvalue weighted by Crippen LogP contribution is 2.30. The minimum atomic E-state index is -0.454. The number of aryl methyl sites for hydroxylation is 1. The smallest absolute Gasteiger partial charge is 0.332 e. The van der Waals surface area contributed by atoms with Crippen LogP contribution < -0.4 is 16.0 Å². The number of halogens is 1. The van der Waals surface area contributed by atoms with E-state index in [1.54, 1.807) is 36.9 Å². The van der Waals surface area contributed by atoms with E-state index in [4.69, 9.17) is 4.74 Å². The SMILES string of the molecule is COc1cccc(-n2c(-c3ccc(F)cc3)cn3c4c(=O)n(C)c(=O)n(C)c4nc23)c1. The van der Waals surface area contributed by atoms with Crippen LogP contribution in [0.2, 0.25) is 0 Å². The van der Waals surface area contributed by atoms with Gasteiger partial charge in [0.15, 0.2) is 11.2 Å². The molecule has 0 unspecified atom stereocenters. The highest BCUT2D eigenvalue weighted by Gasteiger charge is 2.22. The molecule has 0 saturated carbocycles. The van der Waals surface area contributed by atoms with Gasteiger partial charge in [0.25, 0.3) is 5.56 Å². The molecule has 5 rings (SSSR count). The number of methoxy groups -OCH3 is 1. The lowest BCUT2D eigenvalue weighted by Crippen LogP contribution is -2.37. The fraction of sp³-hybridized carbons (Fsp3) is 0.136. The number of rotatable bonds is 3. The van der Waals surface area contributed by atoms with E-state index < -0.39 is 11.2 Å². The number of ether oxygens (including phenoxy) is 1.